The molecule has 102 valence electrons. The molecule has 1 amide bonds. The van der Waals surface area contributed by atoms with E-state index in [1.165, 1.54) is 12.1 Å². The van der Waals surface area contributed by atoms with Crippen LogP contribution in [-0.4, -0.2) is 24.4 Å². The molecule has 1 aromatic carbocycles. The molecule has 0 aromatic heterocycles. The highest BCUT2D eigenvalue weighted by molar-refractivity contribution is 5.81. The monoisotopic (exact) mass is 262 g/mol. The third-order valence-corrected chi connectivity index (χ3v) is 3.07. The smallest absolute Gasteiger partial charge is 0.239 e. The molecular weight excluding hydrogens is 243 g/mol. The quantitative estimate of drug-likeness (QED) is 0.818. The van der Waals surface area contributed by atoms with Crippen LogP contribution < -0.4 is 0 Å². The SMILES string of the molecule is CC(C)C(C#N)C(=O)N(C)CCc1cccc(F)c1. The molecule has 0 spiro atoms. The second-order valence-electron chi connectivity index (χ2n) is 4.99. The maximum absolute atomic E-state index is 13.0. The van der Waals surface area contributed by atoms with Crippen LogP contribution in [-0.2, 0) is 11.2 Å². The topological polar surface area (TPSA) is 44.1 Å². The van der Waals surface area contributed by atoms with E-state index in [1.807, 2.05) is 26.0 Å². The Hall–Kier alpha value is -1.89. The first-order valence-electron chi connectivity index (χ1n) is 6.34. The first-order chi connectivity index (χ1) is 8.95. The molecule has 0 fully saturated rings. The molecule has 0 saturated carbocycles. The van der Waals surface area contributed by atoms with Crippen LogP contribution in [0.5, 0.6) is 0 Å². The van der Waals surface area contributed by atoms with Crippen molar-refractivity contribution in [2.45, 2.75) is 20.3 Å². The Morgan fingerprint density at radius 2 is 2.16 bits per heavy atom. The van der Waals surface area contributed by atoms with Crippen LogP contribution in [0.2, 0.25) is 0 Å². The van der Waals surface area contributed by atoms with E-state index in [-0.39, 0.29) is 17.6 Å². The zero-order chi connectivity index (χ0) is 14.4. The number of carbonyl (C=O) groups is 1. The molecule has 1 rings (SSSR count). The Kier molecular flexibility index (Phi) is 5.50. The summed E-state index contributed by atoms with van der Waals surface area (Å²) < 4.78 is 13.0. The van der Waals surface area contributed by atoms with Crippen LogP contribution in [0.25, 0.3) is 0 Å². The van der Waals surface area contributed by atoms with Gasteiger partial charge in [-0.15, -0.1) is 0 Å². The van der Waals surface area contributed by atoms with Gasteiger partial charge in [0.05, 0.1) is 6.07 Å². The number of nitrogens with zero attached hydrogens (tertiary/aromatic N) is 2. The average Bonchev–Trinajstić information content (AvgIpc) is 2.36. The largest absolute Gasteiger partial charge is 0.344 e. The molecular formula is C15H19FN2O. The maximum atomic E-state index is 13.0. The van der Waals surface area contributed by atoms with Crippen molar-refractivity contribution in [1.29, 1.82) is 5.26 Å². The highest BCUT2D eigenvalue weighted by Gasteiger charge is 2.24. The van der Waals surface area contributed by atoms with Crippen molar-refractivity contribution in [2.75, 3.05) is 13.6 Å². The number of carbonyl (C=O) groups excluding carboxylic acids is 1. The molecule has 0 aliphatic heterocycles. The van der Waals surface area contributed by atoms with Gasteiger partial charge in [0, 0.05) is 13.6 Å². The number of halogens is 1. The number of hydrogen-bond acceptors (Lipinski definition) is 2. The molecule has 1 atom stereocenters. The van der Waals surface area contributed by atoms with Gasteiger partial charge in [-0.1, -0.05) is 26.0 Å². The lowest BCUT2D eigenvalue weighted by Gasteiger charge is -2.21. The van der Waals surface area contributed by atoms with E-state index >= 15 is 0 Å². The molecule has 0 bridgehead atoms. The third-order valence-electron chi connectivity index (χ3n) is 3.07. The van der Waals surface area contributed by atoms with Crippen molar-refractivity contribution in [3.63, 3.8) is 0 Å². The summed E-state index contributed by atoms with van der Waals surface area (Å²) in [4.78, 5) is 13.6. The molecule has 0 radical (unpaired) electrons. The first kappa shape index (κ1) is 15.2. The van der Waals surface area contributed by atoms with Gasteiger partial charge in [-0.2, -0.15) is 5.26 Å². The van der Waals surface area contributed by atoms with Gasteiger partial charge in [-0.25, -0.2) is 4.39 Å². The number of hydrogen-bond donors (Lipinski definition) is 0. The maximum Gasteiger partial charge on any atom is 0.239 e. The number of rotatable bonds is 5. The molecule has 3 nitrogen and oxygen atoms in total. The van der Waals surface area contributed by atoms with Crippen molar-refractivity contribution in [2.24, 2.45) is 11.8 Å². The van der Waals surface area contributed by atoms with Gasteiger partial charge in [0.2, 0.25) is 5.91 Å². The van der Waals surface area contributed by atoms with Crippen LogP contribution >= 0.6 is 0 Å². The van der Waals surface area contributed by atoms with Crippen molar-refractivity contribution in [3.8, 4) is 6.07 Å². The molecule has 4 heteroatoms. The number of nitriles is 1. The fraction of sp³-hybridized carbons (Fsp3) is 0.467. The third kappa shape index (κ3) is 4.36. The van der Waals surface area contributed by atoms with E-state index in [2.05, 4.69) is 0 Å². The molecule has 0 aliphatic rings. The predicted octanol–water partition coefficient (Wildman–Crippen LogP) is 2.62. The summed E-state index contributed by atoms with van der Waals surface area (Å²) in [6.45, 7) is 4.19. The molecule has 0 saturated heterocycles. The Morgan fingerprint density at radius 1 is 1.47 bits per heavy atom. The second kappa shape index (κ2) is 6.89. The van der Waals surface area contributed by atoms with E-state index < -0.39 is 5.92 Å². The lowest BCUT2D eigenvalue weighted by atomic mass is 9.96. The Balaban J connectivity index is 2.58. The standard InChI is InChI=1S/C15H19FN2O/c1-11(2)14(10-17)15(19)18(3)8-7-12-5-4-6-13(16)9-12/h4-6,9,11,14H,7-8H2,1-3H3. The zero-order valence-corrected chi connectivity index (χ0v) is 11.6. The number of benzene rings is 1. The summed E-state index contributed by atoms with van der Waals surface area (Å²) in [5.74, 6) is -1.07. The molecule has 19 heavy (non-hydrogen) atoms. The summed E-state index contributed by atoms with van der Waals surface area (Å²) in [5.41, 5.74) is 0.845. The minimum Gasteiger partial charge on any atom is -0.344 e. The summed E-state index contributed by atoms with van der Waals surface area (Å²) in [5, 5.41) is 8.99. The lowest BCUT2D eigenvalue weighted by Crippen LogP contribution is -2.36. The summed E-state index contributed by atoms with van der Waals surface area (Å²) in [6, 6.07) is 8.37. The molecule has 0 N–H and O–H groups in total. The van der Waals surface area contributed by atoms with E-state index in [0.29, 0.717) is 13.0 Å². The fourth-order valence-corrected chi connectivity index (χ4v) is 1.83. The highest BCUT2D eigenvalue weighted by atomic mass is 19.1. The van der Waals surface area contributed by atoms with Crippen molar-refractivity contribution >= 4 is 5.91 Å². The molecule has 1 unspecified atom stereocenters. The van der Waals surface area contributed by atoms with Gasteiger partial charge in [0.25, 0.3) is 0 Å². The zero-order valence-electron chi connectivity index (χ0n) is 11.6. The highest BCUT2D eigenvalue weighted by Crippen LogP contribution is 2.13. The van der Waals surface area contributed by atoms with Crippen molar-refractivity contribution in [1.82, 2.24) is 4.90 Å². The molecule has 0 heterocycles. The molecule has 0 aliphatic carbocycles. The Morgan fingerprint density at radius 3 is 2.68 bits per heavy atom. The van der Waals surface area contributed by atoms with Crippen LogP contribution in [0.1, 0.15) is 19.4 Å². The van der Waals surface area contributed by atoms with Crippen LogP contribution in [0.4, 0.5) is 4.39 Å². The Labute approximate surface area is 113 Å². The van der Waals surface area contributed by atoms with Gasteiger partial charge < -0.3 is 4.90 Å². The van der Waals surface area contributed by atoms with Crippen molar-refractivity contribution < 1.29 is 9.18 Å². The van der Waals surface area contributed by atoms with Crippen LogP contribution in [0.15, 0.2) is 24.3 Å². The number of likely N-dealkylation sites (N-methyl/N-ethyl adjacent to an activating group) is 1. The fourth-order valence-electron chi connectivity index (χ4n) is 1.83. The van der Waals surface area contributed by atoms with E-state index in [9.17, 15) is 9.18 Å². The minimum atomic E-state index is -0.613. The van der Waals surface area contributed by atoms with Crippen LogP contribution in [0.3, 0.4) is 0 Å². The first-order valence-corrected chi connectivity index (χ1v) is 6.34. The van der Waals surface area contributed by atoms with E-state index in [0.717, 1.165) is 5.56 Å². The summed E-state index contributed by atoms with van der Waals surface area (Å²) >= 11 is 0. The van der Waals surface area contributed by atoms with Crippen molar-refractivity contribution in [3.05, 3.63) is 35.6 Å². The summed E-state index contributed by atoms with van der Waals surface area (Å²) in [7, 11) is 1.67. The Bertz CT molecular complexity index is 479. The van der Waals surface area contributed by atoms with Gasteiger partial charge in [-0.05, 0) is 30.0 Å². The van der Waals surface area contributed by atoms with E-state index in [1.54, 1.807) is 18.0 Å². The lowest BCUT2D eigenvalue weighted by molar-refractivity contribution is -0.133. The molecule has 1 aromatic rings. The predicted molar refractivity (Wildman–Crippen MR) is 71.7 cm³/mol. The average molecular weight is 262 g/mol. The normalized spacial score (nSPS) is 12.0. The van der Waals surface area contributed by atoms with Gasteiger partial charge in [0.15, 0.2) is 0 Å². The second-order valence-corrected chi connectivity index (χ2v) is 4.99. The minimum absolute atomic E-state index is 0.00544. The van der Waals surface area contributed by atoms with Gasteiger partial charge in [-0.3, -0.25) is 4.79 Å². The van der Waals surface area contributed by atoms with Gasteiger partial charge in [0.1, 0.15) is 11.7 Å². The summed E-state index contributed by atoms with van der Waals surface area (Å²) in [6.07, 6.45) is 0.580. The van der Waals surface area contributed by atoms with E-state index in [4.69, 9.17) is 5.26 Å². The van der Waals surface area contributed by atoms with Gasteiger partial charge >= 0.3 is 0 Å². The van der Waals surface area contributed by atoms with Crippen LogP contribution in [0, 0.1) is 29.0 Å². The number of amides is 1.